The molecular weight excluding hydrogens is 468 g/mol. The largest absolute Gasteiger partial charge is 0.370 e. The summed E-state index contributed by atoms with van der Waals surface area (Å²) in [4.78, 5) is 20.0. The van der Waals surface area contributed by atoms with Crippen molar-refractivity contribution in [1.82, 2.24) is 29.9 Å². The Morgan fingerprint density at radius 2 is 1.91 bits per heavy atom. The number of aromatic nitrogens is 3. The summed E-state index contributed by atoms with van der Waals surface area (Å²) in [5.41, 5.74) is 7.00. The SMILES string of the molecule is N=C(N)NCCCCCn1cc2cc(-c3ccc(S(=O)(=O)NC4CCNCC4)cc3)[nH]c2nc1=O. The summed E-state index contributed by atoms with van der Waals surface area (Å²) >= 11 is 0. The van der Waals surface area contributed by atoms with Crippen molar-refractivity contribution in [1.29, 1.82) is 5.41 Å². The number of H-pyrrole nitrogens is 1. The van der Waals surface area contributed by atoms with Gasteiger partial charge in [0, 0.05) is 36.4 Å². The minimum absolute atomic E-state index is 0.0377. The van der Waals surface area contributed by atoms with Gasteiger partial charge in [0.05, 0.1) is 4.90 Å². The van der Waals surface area contributed by atoms with E-state index in [-0.39, 0.29) is 22.6 Å². The molecule has 0 amide bonds. The van der Waals surface area contributed by atoms with Crippen LogP contribution in [0.15, 0.2) is 46.2 Å². The Labute approximate surface area is 204 Å². The molecule has 0 bridgehead atoms. The van der Waals surface area contributed by atoms with Gasteiger partial charge in [-0.15, -0.1) is 0 Å². The highest BCUT2D eigenvalue weighted by molar-refractivity contribution is 7.89. The number of nitrogens with one attached hydrogen (secondary N) is 5. The molecule has 7 N–H and O–H groups in total. The molecule has 1 fully saturated rings. The van der Waals surface area contributed by atoms with Crippen LogP contribution in [-0.4, -0.2) is 54.6 Å². The average molecular weight is 501 g/mol. The Morgan fingerprint density at radius 1 is 1.17 bits per heavy atom. The number of aryl methyl sites for hydroxylation is 1. The zero-order valence-corrected chi connectivity index (χ0v) is 20.3. The Morgan fingerprint density at radius 3 is 2.63 bits per heavy atom. The monoisotopic (exact) mass is 500 g/mol. The van der Waals surface area contributed by atoms with E-state index in [2.05, 4.69) is 25.3 Å². The van der Waals surface area contributed by atoms with E-state index in [1.165, 1.54) is 0 Å². The van der Waals surface area contributed by atoms with E-state index in [0.717, 1.165) is 61.8 Å². The van der Waals surface area contributed by atoms with Crippen molar-refractivity contribution >= 4 is 27.0 Å². The molecule has 0 radical (unpaired) electrons. The molecule has 1 aromatic carbocycles. The van der Waals surface area contributed by atoms with Crippen molar-refractivity contribution in [3.8, 4) is 11.3 Å². The Balaban J connectivity index is 1.42. The molecular formula is C23H32N8O3S. The smallest absolute Gasteiger partial charge is 0.349 e. The first kappa shape index (κ1) is 24.9. The molecule has 1 saturated heterocycles. The summed E-state index contributed by atoms with van der Waals surface area (Å²) in [5.74, 6) is -0.0377. The van der Waals surface area contributed by atoms with Gasteiger partial charge in [0.25, 0.3) is 0 Å². The number of unbranched alkanes of at least 4 members (excludes halogenated alkanes) is 2. The molecule has 3 aromatic rings. The number of benzene rings is 1. The number of nitrogens with two attached hydrogens (primary N) is 1. The second kappa shape index (κ2) is 11.0. The predicted octanol–water partition coefficient (Wildman–Crippen LogP) is 1.08. The quantitative estimate of drug-likeness (QED) is 0.137. The van der Waals surface area contributed by atoms with Crippen LogP contribution in [0, 0.1) is 5.41 Å². The van der Waals surface area contributed by atoms with E-state index in [9.17, 15) is 13.2 Å². The van der Waals surface area contributed by atoms with E-state index in [4.69, 9.17) is 11.1 Å². The van der Waals surface area contributed by atoms with Crippen molar-refractivity contribution in [2.45, 2.75) is 49.6 Å². The van der Waals surface area contributed by atoms with Gasteiger partial charge in [-0.3, -0.25) is 9.98 Å². The molecule has 0 aliphatic carbocycles. The third kappa shape index (κ3) is 6.47. The lowest BCUT2D eigenvalue weighted by Gasteiger charge is -2.23. The summed E-state index contributed by atoms with van der Waals surface area (Å²) in [7, 11) is -3.58. The number of guanidine groups is 1. The summed E-state index contributed by atoms with van der Waals surface area (Å²) in [6.07, 6.45) is 5.91. The van der Waals surface area contributed by atoms with Gasteiger partial charge in [-0.1, -0.05) is 12.1 Å². The zero-order chi connectivity index (χ0) is 24.8. The van der Waals surface area contributed by atoms with Crippen LogP contribution in [-0.2, 0) is 16.6 Å². The Bertz CT molecular complexity index is 1330. The van der Waals surface area contributed by atoms with Gasteiger partial charge < -0.3 is 21.4 Å². The van der Waals surface area contributed by atoms with Crippen LogP contribution in [0.5, 0.6) is 0 Å². The normalized spacial score (nSPS) is 14.9. The van der Waals surface area contributed by atoms with E-state index >= 15 is 0 Å². The van der Waals surface area contributed by atoms with Crippen molar-refractivity contribution in [3.05, 3.63) is 47.0 Å². The van der Waals surface area contributed by atoms with Gasteiger partial charge in [-0.2, -0.15) is 4.98 Å². The number of fused-ring (bicyclic) bond motifs is 1. The Hall–Kier alpha value is -3.22. The number of piperidine rings is 1. The Kier molecular flexibility index (Phi) is 7.83. The van der Waals surface area contributed by atoms with Gasteiger partial charge in [-0.05, 0) is 69.0 Å². The number of sulfonamides is 1. The maximum atomic E-state index is 12.7. The average Bonchev–Trinajstić information content (AvgIpc) is 3.24. The van der Waals surface area contributed by atoms with Gasteiger partial charge in [0.15, 0.2) is 5.96 Å². The van der Waals surface area contributed by atoms with Gasteiger partial charge in [0.1, 0.15) is 5.65 Å². The molecule has 2 aromatic heterocycles. The molecule has 35 heavy (non-hydrogen) atoms. The summed E-state index contributed by atoms with van der Waals surface area (Å²) < 4.78 is 29.9. The first-order valence-corrected chi connectivity index (χ1v) is 13.3. The summed E-state index contributed by atoms with van der Waals surface area (Å²) in [6.45, 7) is 2.81. The fourth-order valence-electron chi connectivity index (χ4n) is 4.20. The van der Waals surface area contributed by atoms with Gasteiger partial charge in [0.2, 0.25) is 10.0 Å². The lowest BCUT2D eigenvalue weighted by molar-refractivity contribution is 0.427. The van der Waals surface area contributed by atoms with Gasteiger partial charge in [-0.25, -0.2) is 17.9 Å². The van der Waals surface area contributed by atoms with Crippen LogP contribution in [0.25, 0.3) is 22.3 Å². The minimum Gasteiger partial charge on any atom is -0.370 e. The van der Waals surface area contributed by atoms with Crippen LogP contribution in [0.1, 0.15) is 32.1 Å². The highest BCUT2D eigenvalue weighted by Gasteiger charge is 2.21. The molecule has 1 aliphatic heterocycles. The van der Waals surface area contributed by atoms with Crippen molar-refractivity contribution in [2.24, 2.45) is 5.73 Å². The molecule has 3 heterocycles. The number of rotatable bonds is 10. The van der Waals surface area contributed by atoms with Crippen LogP contribution in [0.2, 0.25) is 0 Å². The van der Waals surface area contributed by atoms with Crippen molar-refractivity contribution in [2.75, 3.05) is 19.6 Å². The molecule has 0 unspecified atom stereocenters. The van der Waals surface area contributed by atoms with E-state index in [1.54, 1.807) is 35.0 Å². The lowest BCUT2D eigenvalue weighted by Crippen LogP contribution is -2.42. The molecule has 0 atom stereocenters. The lowest BCUT2D eigenvalue weighted by atomic mass is 10.1. The predicted molar refractivity (Wildman–Crippen MR) is 136 cm³/mol. The summed E-state index contributed by atoms with van der Waals surface area (Å²) in [5, 5.41) is 13.9. The van der Waals surface area contributed by atoms with E-state index < -0.39 is 10.0 Å². The van der Waals surface area contributed by atoms with Crippen LogP contribution in [0.3, 0.4) is 0 Å². The van der Waals surface area contributed by atoms with Crippen LogP contribution < -0.4 is 26.8 Å². The topological polar surface area (TPSA) is 171 Å². The van der Waals surface area contributed by atoms with Gasteiger partial charge >= 0.3 is 5.69 Å². The fourth-order valence-corrected chi connectivity index (χ4v) is 5.50. The molecule has 1 aliphatic rings. The number of nitrogens with zero attached hydrogens (tertiary/aromatic N) is 2. The standard InChI is InChI=1S/C23H32N8O3S/c24-22(25)27-10-2-1-3-13-31-15-17-14-20(28-21(17)29-23(31)32)16-4-6-19(7-5-16)35(33,34)30-18-8-11-26-12-9-18/h4-7,14-15,18,26,30H,1-3,8-13H2,(H4,24,25,27)(H,28,29,32). The fraction of sp³-hybridized carbons (Fsp3) is 0.435. The number of hydrogen-bond donors (Lipinski definition) is 6. The molecule has 0 spiro atoms. The first-order valence-electron chi connectivity index (χ1n) is 11.8. The van der Waals surface area contributed by atoms with E-state index in [1.807, 2.05) is 6.07 Å². The molecule has 188 valence electrons. The molecule has 11 nitrogen and oxygen atoms in total. The van der Waals surface area contributed by atoms with Crippen molar-refractivity contribution in [3.63, 3.8) is 0 Å². The molecule has 4 rings (SSSR count). The number of hydrogen-bond acceptors (Lipinski definition) is 6. The second-order valence-corrected chi connectivity index (χ2v) is 10.5. The molecule has 12 heteroatoms. The van der Waals surface area contributed by atoms with Crippen LogP contribution in [0.4, 0.5) is 0 Å². The third-order valence-electron chi connectivity index (χ3n) is 6.10. The summed E-state index contributed by atoms with van der Waals surface area (Å²) in [6, 6.07) is 8.55. The minimum atomic E-state index is -3.58. The first-order chi connectivity index (χ1) is 16.8. The third-order valence-corrected chi connectivity index (χ3v) is 7.64. The zero-order valence-electron chi connectivity index (χ0n) is 19.5. The molecule has 0 saturated carbocycles. The highest BCUT2D eigenvalue weighted by Crippen LogP contribution is 2.24. The maximum absolute atomic E-state index is 12.7. The second-order valence-electron chi connectivity index (χ2n) is 8.77. The van der Waals surface area contributed by atoms with E-state index in [0.29, 0.717) is 18.7 Å². The van der Waals surface area contributed by atoms with Crippen LogP contribution >= 0.6 is 0 Å². The maximum Gasteiger partial charge on any atom is 0.349 e. The van der Waals surface area contributed by atoms with Crippen molar-refractivity contribution < 1.29 is 8.42 Å². The highest BCUT2D eigenvalue weighted by atomic mass is 32.2. The number of aromatic amines is 1.